The molecule has 0 bridgehead atoms. The van der Waals surface area contributed by atoms with Crippen molar-refractivity contribution >= 4 is 5.71 Å². The van der Waals surface area contributed by atoms with E-state index in [1.807, 2.05) is 20.8 Å². The first-order valence-corrected chi connectivity index (χ1v) is 4.36. The molecule has 0 radical (unpaired) electrons. The molecule has 0 amide bonds. The highest BCUT2D eigenvalue weighted by molar-refractivity contribution is 5.99. The fourth-order valence-corrected chi connectivity index (χ4v) is 0.644. The van der Waals surface area contributed by atoms with E-state index < -0.39 is 17.9 Å². The zero-order chi connectivity index (χ0) is 11.6. The van der Waals surface area contributed by atoms with Gasteiger partial charge in [0, 0.05) is 0 Å². The van der Waals surface area contributed by atoms with Gasteiger partial charge in [0.15, 0.2) is 0 Å². The highest BCUT2D eigenvalue weighted by atomic mass is 19.4. The molecule has 4 heteroatoms. The summed E-state index contributed by atoms with van der Waals surface area (Å²) < 4.78 is 36.8. The molecule has 0 aromatic heterocycles. The molecule has 0 spiro atoms. The largest absolute Gasteiger partial charge is 0.432 e. The van der Waals surface area contributed by atoms with Crippen molar-refractivity contribution in [3.05, 3.63) is 12.7 Å². The van der Waals surface area contributed by atoms with E-state index in [9.17, 15) is 13.2 Å². The van der Waals surface area contributed by atoms with E-state index in [-0.39, 0.29) is 5.41 Å². The molecule has 82 valence electrons. The second-order valence-corrected chi connectivity index (χ2v) is 4.26. The lowest BCUT2D eigenvalue weighted by Crippen LogP contribution is -2.27. The van der Waals surface area contributed by atoms with Gasteiger partial charge < -0.3 is 0 Å². The molecule has 0 saturated carbocycles. The van der Waals surface area contributed by atoms with Crippen molar-refractivity contribution in [3.63, 3.8) is 0 Å². The Morgan fingerprint density at radius 2 is 1.71 bits per heavy atom. The third-order valence-electron chi connectivity index (χ3n) is 2.07. The van der Waals surface area contributed by atoms with E-state index in [4.69, 9.17) is 0 Å². The summed E-state index contributed by atoms with van der Waals surface area (Å²) in [5.74, 6) is 0. The van der Waals surface area contributed by atoms with Crippen LogP contribution in [0.25, 0.3) is 0 Å². The van der Waals surface area contributed by atoms with Gasteiger partial charge in [0.2, 0.25) is 0 Å². The maximum absolute atomic E-state index is 12.3. The maximum Gasteiger partial charge on any atom is 0.432 e. The van der Waals surface area contributed by atoms with Crippen molar-refractivity contribution in [1.82, 2.24) is 0 Å². The second kappa shape index (κ2) is 4.15. The van der Waals surface area contributed by atoms with Crippen LogP contribution in [0, 0.1) is 5.41 Å². The topological polar surface area (TPSA) is 12.4 Å². The minimum atomic E-state index is -4.40. The van der Waals surface area contributed by atoms with Gasteiger partial charge in [0.1, 0.15) is 5.71 Å². The van der Waals surface area contributed by atoms with Crippen LogP contribution in [0.5, 0.6) is 0 Å². The van der Waals surface area contributed by atoms with Gasteiger partial charge in [-0.15, -0.1) is 0 Å². The Morgan fingerprint density at radius 1 is 1.29 bits per heavy atom. The minimum Gasteiger partial charge on any atom is -0.277 e. The van der Waals surface area contributed by atoms with E-state index in [0.717, 1.165) is 6.08 Å². The summed E-state index contributed by atoms with van der Waals surface area (Å²) in [7, 11) is 0. The second-order valence-electron chi connectivity index (χ2n) is 4.26. The molecule has 0 fully saturated rings. The van der Waals surface area contributed by atoms with E-state index in [1.54, 1.807) is 6.92 Å². The monoisotopic (exact) mass is 207 g/mol. The van der Waals surface area contributed by atoms with E-state index in [0.29, 0.717) is 0 Å². The lowest BCUT2D eigenvalue weighted by atomic mass is 9.88. The molecule has 0 aliphatic rings. The van der Waals surface area contributed by atoms with Crippen LogP contribution >= 0.6 is 0 Å². The number of aliphatic imine (C=N–C) groups is 1. The quantitative estimate of drug-likeness (QED) is 0.613. The van der Waals surface area contributed by atoms with Crippen LogP contribution < -0.4 is 0 Å². The smallest absolute Gasteiger partial charge is 0.277 e. The molecular formula is C10H16F3N. The van der Waals surface area contributed by atoms with E-state index in [2.05, 4.69) is 11.6 Å². The molecule has 0 rings (SSSR count). The predicted molar refractivity (Wildman–Crippen MR) is 52.6 cm³/mol. The molecular weight excluding hydrogens is 191 g/mol. The average Bonchev–Trinajstić information content (AvgIpc) is 1.95. The first kappa shape index (κ1) is 13.2. The lowest BCUT2D eigenvalue weighted by molar-refractivity contribution is -0.0582. The predicted octanol–water partition coefficient (Wildman–Crippen LogP) is 3.61. The fourth-order valence-electron chi connectivity index (χ4n) is 0.644. The first-order valence-electron chi connectivity index (χ1n) is 4.36. The molecule has 0 unspecified atom stereocenters. The zero-order valence-corrected chi connectivity index (χ0v) is 8.94. The molecule has 0 heterocycles. The van der Waals surface area contributed by atoms with Gasteiger partial charge >= 0.3 is 6.18 Å². The number of rotatable bonds is 2. The van der Waals surface area contributed by atoms with Gasteiger partial charge in [0.25, 0.3) is 0 Å². The standard InChI is InChI=1S/C10H16F3N/c1-6-8(10(11,12)13)14-7(2)9(3,4)5/h6-7H,1H2,2-5H3/t7-/m1/s1. The summed E-state index contributed by atoms with van der Waals surface area (Å²) in [4.78, 5) is 3.61. The van der Waals surface area contributed by atoms with Crippen LogP contribution in [-0.4, -0.2) is 17.9 Å². The summed E-state index contributed by atoms with van der Waals surface area (Å²) in [6, 6.07) is -0.392. The fraction of sp³-hybridized carbons (Fsp3) is 0.700. The molecule has 0 aromatic rings. The Kier molecular flexibility index (Phi) is 3.91. The van der Waals surface area contributed by atoms with Crippen molar-refractivity contribution in [2.75, 3.05) is 0 Å². The van der Waals surface area contributed by atoms with Gasteiger partial charge in [-0.1, -0.05) is 27.4 Å². The first-order chi connectivity index (χ1) is 6.09. The van der Waals surface area contributed by atoms with Crippen LogP contribution in [0.1, 0.15) is 27.7 Å². The summed E-state index contributed by atoms with van der Waals surface area (Å²) in [5, 5.41) is 0. The van der Waals surface area contributed by atoms with Crippen LogP contribution in [0.3, 0.4) is 0 Å². The van der Waals surface area contributed by atoms with Gasteiger partial charge in [-0.2, -0.15) is 13.2 Å². The molecule has 0 aromatic carbocycles. The normalized spacial score (nSPS) is 16.6. The maximum atomic E-state index is 12.3. The Balaban J connectivity index is 4.88. The molecule has 1 nitrogen and oxygen atoms in total. The Bertz CT molecular complexity index is 233. The molecule has 0 aliphatic heterocycles. The number of hydrogen-bond donors (Lipinski definition) is 0. The van der Waals surface area contributed by atoms with E-state index >= 15 is 0 Å². The Labute approximate surface area is 82.7 Å². The summed E-state index contributed by atoms with van der Waals surface area (Å²) >= 11 is 0. The molecule has 0 aliphatic carbocycles. The van der Waals surface area contributed by atoms with Gasteiger partial charge in [-0.25, -0.2) is 0 Å². The van der Waals surface area contributed by atoms with Crippen molar-refractivity contribution < 1.29 is 13.2 Å². The van der Waals surface area contributed by atoms with Crippen molar-refractivity contribution in [3.8, 4) is 0 Å². The zero-order valence-electron chi connectivity index (χ0n) is 8.94. The van der Waals surface area contributed by atoms with E-state index in [1.165, 1.54) is 0 Å². The number of allylic oxidation sites excluding steroid dienone is 1. The number of halogens is 3. The number of hydrogen-bond acceptors (Lipinski definition) is 1. The van der Waals surface area contributed by atoms with Crippen LogP contribution in [0.15, 0.2) is 17.6 Å². The Morgan fingerprint density at radius 3 is 1.93 bits per heavy atom. The highest BCUT2D eigenvalue weighted by Gasteiger charge is 2.34. The molecule has 0 saturated heterocycles. The van der Waals surface area contributed by atoms with Crippen LogP contribution in [0.4, 0.5) is 13.2 Å². The van der Waals surface area contributed by atoms with Crippen molar-refractivity contribution in [2.45, 2.75) is 39.9 Å². The van der Waals surface area contributed by atoms with Crippen molar-refractivity contribution in [1.29, 1.82) is 0 Å². The summed E-state index contributed by atoms with van der Waals surface area (Å²) in [6.07, 6.45) is -3.65. The number of alkyl halides is 3. The molecule has 1 atom stereocenters. The number of nitrogens with zero attached hydrogens (tertiary/aromatic N) is 1. The Hall–Kier alpha value is -0.800. The summed E-state index contributed by atoms with van der Waals surface area (Å²) in [5.41, 5.74) is -1.18. The van der Waals surface area contributed by atoms with Crippen molar-refractivity contribution in [2.24, 2.45) is 10.4 Å². The van der Waals surface area contributed by atoms with Gasteiger partial charge in [-0.05, 0) is 18.4 Å². The summed E-state index contributed by atoms with van der Waals surface area (Å²) in [6.45, 7) is 10.3. The lowest BCUT2D eigenvalue weighted by Gasteiger charge is -2.24. The molecule has 14 heavy (non-hydrogen) atoms. The van der Waals surface area contributed by atoms with Gasteiger partial charge in [0.05, 0.1) is 6.04 Å². The molecule has 0 N–H and O–H groups in total. The minimum absolute atomic E-state index is 0.278. The third kappa shape index (κ3) is 3.94. The van der Waals surface area contributed by atoms with Gasteiger partial charge in [-0.3, -0.25) is 4.99 Å². The average molecular weight is 207 g/mol. The highest BCUT2D eigenvalue weighted by Crippen LogP contribution is 2.25. The van der Waals surface area contributed by atoms with Crippen LogP contribution in [-0.2, 0) is 0 Å². The third-order valence-corrected chi connectivity index (χ3v) is 2.07. The van der Waals surface area contributed by atoms with Crippen LogP contribution in [0.2, 0.25) is 0 Å². The SMILES string of the molecule is C=CC(=N[C@H](C)C(C)(C)C)C(F)(F)F.